The van der Waals surface area contributed by atoms with Crippen LogP contribution in [0.1, 0.15) is 61.3 Å². The lowest BCUT2D eigenvalue weighted by Gasteiger charge is -2.42. The lowest BCUT2D eigenvalue weighted by Crippen LogP contribution is -2.57. The minimum absolute atomic E-state index is 0.0276. The number of aliphatic hydroxyl groups is 5. The van der Waals surface area contributed by atoms with Crippen molar-refractivity contribution in [3.05, 3.63) is 0 Å². The standard InChI is InChI=1S/C21H39NO8/c1-8-15-21(7,28)18(25)11(3)16(22-29)13(5)20(6,27)9-14(23)10(2)17(24)12(4)19(26)30-15/h10-15,17-18,23-25,27-29H,8-9H2,1-7H3/b22-16-/t10-,11+,12-,13-,14-,15-,17-,18+,20-,21-/m0/s1. The topological polar surface area (TPSA) is 160 Å². The van der Waals surface area contributed by atoms with Gasteiger partial charge in [0.15, 0.2) is 0 Å². The van der Waals surface area contributed by atoms with Crippen LogP contribution in [0.3, 0.4) is 0 Å². The summed E-state index contributed by atoms with van der Waals surface area (Å²) >= 11 is 0. The molecule has 0 aromatic rings. The quantitative estimate of drug-likeness (QED) is 0.200. The molecule has 0 spiro atoms. The molecule has 0 aromatic carbocycles. The predicted octanol–water partition coefficient (Wildman–Crippen LogP) is 0.671. The second-order valence-electron chi connectivity index (χ2n) is 9.31. The van der Waals surface area contributed by atoms with Gasteiger partial charge in [-0.3, -0.25) is 4.79 Å². The van der Waals surface area contributed by atoms with Gasteiger partial charge >= 0.3 is 5.97 Å². The van der Waals surface area contributed by atoms with Gasteiger partial charge in [0.25, 0.3) is 0 Å². The molecule has 6 N–H and O–H groups in total. The zero-order valence-corrected chi connectivity index (χ0v) is 19.0. The molecule has 10 atom stereocenters. The van der Waals surface area contributed by atoms with E-state index in [0.717, 1.165) is 0 Å². The smallest absolute Gasteiger partial charge is 0.311 e. The summed E-state index contributed by atoms with van der Waals surface area (Å²) < 4.78 is 5.44. The SMILES string of the molecule is CC[C@@H]1OC(=O)[C@@H](C)[C@@H](O)[C@@H](C)[C@@H](O)C[C@](C)(O)[C@@H](C)/C(=N\O)[C@@H](C)[C@@H](O)[C@@]1(C)O. The highest BCUT2D eigenvalue weighted by Gasteiger charge is 2.48. The second kappa shape index (κ2) is 9.91. The van der Waals surface area contributed by atoms with Gasteiger partial charge in [-0.05, 0) is 27.2 Å². The Morgan fingerprint density at radius 2 is 1.60 bits per heavy atom. The van der Waals surface area contributed by atoms with Gasteiger partial charge in [-0.1, -0.05) is 32.9 Å². The number of cyclic esters (lactones) is 1. The van der Waals surface area contributed by atoms with Gasteiger partial charge in [-0.15, -0.1) is 0 Å². The third kappa shape index (κ3) is 5.31. The van der Waals surface area contributed by atoms with Crippen molar-refractivity contribution < 1.29 is 40.3 Å². The third-order valence-corrected chi connectivity index (χ3v) is 6.96. The monoisotopic (exact) mass is 433 g/mol. The molecule has 1 rings (SSSR count). The van der Waals surface area contributed by atoms with E-state index in [0.29, 0.717) is 0 Å². The minimum atomic E-state index is -1.90. The van der Waals surface area contributed by atoms with Crippen LogP contribution >= 0.6 is 0 Å². The van der Waals surface area contributed by atoms with Crippen LogP contribution in [0.4, 0.5) is 0 Å². The van der Waals surface area contributed by atoms with Crippen LogP contribution in [-0.4, -0.2) is 78.0 Å². The fourth-order valence-corrected chi connectivity index (χ4v) is 4.22. The molecule has 1 saturated heterocycles. The van der Waals surface area contributed by atoms with Crippen LogP contribution in [0, 0.1) is 23.7 Å². The normalized spacial score (nSPS) is 48.8. The number of ether oxygens (including phenoxy) is 1. The molecular weight excluding hydrogens is 394 g/mol. The third-order valence-electron chi connectivity index (χ3n) is 6.96. The van der Waals surface area contributed by atoms with Gasteiger partial charge in [0, 0.05) is 24.2 Å². The van der Waals surface area contributed by atoms with Crippen LogP contribution in [0.15, 0.2) is 5.16 Å². The molecule has 9 nitrogen and oxygen atoms in total. The van der Waals surface area contributed by atoms with Gasteiger partial charge in [0.05, 0.1) is 35.5 Å². The molecule has 0 aromatic heterocycles. The maximum absolute atomic E-state index is 12.6. The first-order valence-electron chi connectivity index (χ1n) is 10.5. The zero-order valence-electron chi connectivity index (χ0n) is 19.0. The Labute approximate surface area is 178 Å². The van der Waals surface area contributed by atoms with Crippen LogP contribution in [-0.2, 0) is 9.53 Å². The highest BCUT2D eigenvalue weighted by molar-refractivity contribution is 5.89. The summed E-state index contributed by atoms with van der Waals surface area (Å²) in [5.41, 5.74) is -3.43. The van der Waals surface area contributed by atoms with Crippen molar-refractivity contribution in [3.63, 3.8) is 0 Å². The fourth-order valence-electron chi connectivity index (χ4n) is 4.22. The summed E-state index contributed by atoms with van der Waals surface area (Å²) in [5, 5.41) is 67.0. The first kappa shape index (κ1) is 26.8. The summed E-state index contributed by atoms with van der Waals surface area (Å²) in [6.45, 7) is 10.6. The molecule has 9 heteroatoms. The molecule has 0 unspecified atom stereocenters. The van der Waals surface area contributed by atoms with Crippen molar-refractivity contribution in [1.29, 1.82) is 0 Å². The largest absolute Gasteiger partial charge is 0.459 e. The van der Waals surface area contributed by atoms with Crippen LogP contribution in [0.2, 0.25) is 0 Å². The van der Waals surface area contributed by atoms with Crippen molar-refractivity contribution >= 4 is 11.7 Å². The first-order valence-corrected chi connectivity index (χ1v) is 10.5. The highest BCUT2D eigenvalue weighted by atomic mass is 16.6. The van der Waals surface area contributed by atoms with Gasteiger partial charge < -0.3 is 35.5 Å². The molecule has 1 aliphatic rings. The number of nitrogens with zero attached hydrogens (tertiary/aromatic N) is 1. The summed E-state index contributed by atoms with van der Waals surface area (Å²) in [5.74, 6) is -4.26. The first-order chi connectivity index (χ1) is 13.6. The Morgan fingerprint density at radius 3 is 2.07 bits per heavy atom. The maximum Gasteiger partial charge on any atom is 0.311 e. The van der Waals surface area contributed by atoms with Crippen LogP contribution < -0.4 is 0 Å². The molecule has 0 amide bonds. The molecule has 1 fully saturated rings. The molecule has 1 aliphatic heterocycles. The van der Waals surface area contributed by atoms with E-state index in [4.69, 9.17) is 4.74 Å². The minimum Gasteiger partial charge on any atom is -0.459 e. The lowest BCUT2D eigenvalue weighted by atomic mass is 9.72. The van der Waals surface area contributed by atoms with Crippen molar-refractivity contribution in [1.82, 2.24) is 0 Å². The number of rotatable bonds is 1. The van der Waals surface area contributed by atoms with E-state index in [1.165, 1.54) is 27.7 Å². The van der Waals surface area contributed by atoms with Crippen molar-refractivity contribution in [3.8, 4) is 0 Å². The Kier molecular flexibility index (Phi) is 8.84. The molecule has 0 radical (unpaired) electrons. The highest BCUT2D eigenvalue weighted by Crippen LogP contribution is 2.35. The fraction of sp³-hybridized carbons (Fsp3) is 0.905. The molecule has 0 saturated carbocycles. The van der Waals surface area contributed by atoms with E-state index < -0.39 is 65.3 Å². The Balaban J connectivity index is 3.52. The van der Waals surface area contributed by atoms with Crippen molar-refractivity contribution in [2.75, 3.05) is 0 Å². The van der Waals surface area contributed by atoms with Gasteiger partial charge in [-0.2, -0.15) is 0 Å². The van der Waals surface area contributed by atoms with Crippen molar-refractivity contribution in [2.45, 2.75) is 96.9 Å². The van der Waals surface area contributed by atoms with E-state index in [2.05, 4.69) is 5.16 Å². The number of hydrogen-bond acceptors (Lipinski definition) is 9. The van der Waals surface area contributed by atoms with E-state index in [9.17, 15) is 35.5 Å². The number of carbonyl (C=O) groups is 1. The molecule has 1 heterocycles. The Bertz CT molecular complexity index is 620. The second-order valence-corrected chi connectivity index (χ2v) is 9.31. The molecule has 0 aliphatic carbocycles. The Morgan fingerprint density at radius 1 is 1.07 bits per heavy atom. The van der Waals surface area contributed by atoms with Crippen LogP contribution in [0.5, 0.6) is 0 Å². The van der Waals surface area contributed by atoms with Crippen LogP contribution in [0.25, 0.3) is 0 Å². The lowest BCUT2D eigenvalue weighted by molar-refractivity contribution is -0.190. The van der Waals surface area contributed by atoms with E-state index in [-0.39, 0.29) is 18.6 Å². The predicted molar refractivity (Wildman–Crippen MR) is 110 cm³/mol. The summed E-state index contributed by atoms with van der Waals surface area (Å²) in [4.78, 5) is 12.6. The number of oxime groups is 1. The van der Waals surface area contributed by atoms with Gasteiger partial charge in [-0.25, -0.2) is 0 Å². The number of hydrogen-bond donors (Lipinski definition) is 6. The zero-order chi connectivity index (χ0) is 23.6. The maximum atomic E-state index is 12.6. The van der Waals surface area contributed by atoms with E-state index >= 15 is 0 Å². The average Bonchev–Trinajstić information content (AvgIpc) is 2.68. The van der Waals surface area contributed by atoms with Crippen molar-refractivity contribution in [2.24, 2.45) is 28.8 Å². The average molecular weight is 434 g/mol. The Hall–Kier alpha value is -1.26. The number of carbonyl (C=O) groups excluding carboxylic acids is 1. The molecule has 176 valence electrons. The molecule has 30 heavy (non-hydrogen) atoms. The summed E-state index contributed by atoms with van der Waals surface area (Å²) in [7, 11) is 0. The van der Waals surface area contributed by atoms with E-state index in [1.807, 2.05) is 0 Å². The summed E-state index contributed by atoms with van der Waals surface area (Å²) in [6.07, 6.45) is -5.02. The van der Waals surface area contributed by atoms with Gasteiger partial charge in [0.1, 0.15) is 11.7 Å². The number of esters is 1. The summed E-state index contributed by atoms with van der Waals surface area (Å²) in [6, 6.07) is 0. The molecular formula is C21H39NO8. The van der Waals surface area contributed by atoms with Gasteiger partial charge in [0.2, 0.25) is 0 Å². The number of aliphatic hydroxyl groups excluding tert-OH is 3. The molecule has 0 bridgehead atoms. The van der Waals surface area contributed by atoms with E-state index in [1.54, 1.807) is 20.8 Å².